The van der Waals surface area contributed by atoms with Crippen LogP contribution in [0.1, 0.15) is 0 Å². The van der Waals surface area contributed by atoms with Gasteiger partial charge in [-0.15, -0.1) is 0 Å². The van der Waals surface area contributed by atoms with Gasteiger partial charge in [0.15, 0.2) is 0 Å². The molecule has 1 heterocycles. The summed E-state index contributed by atoms with van der Waals surface area (Å²) in [7, 11) is 3.98. The maximum absolute atomic E-state index is 4.02. The minimum absolute atomic E-state index is 1.01. The van der Waals surface area contributed by atoms with Gasteiger partial charge in [-0.3, -0.25) is 4.98 Å². The zero-order valence-corrected chi connectivity index (χ0v) is 7.59. The number of nitrogens with zero attached hydrogens (tertiary/aromatic N) is 2. The van der Waals surface area contributed by atoms with Crippen LogP contribution in [0.3, 0.4) is 0 Å². The van der Waals surface area contributed by atoms with Crippen molar-refractivity contribution in [2.75, 3.05) is 19.0 Å². The SMILES string of the molecule is CN(C)c1cncc(Br)c1. The molecular formula is C7H9BrN2. The van der Waals surface area contributed by atoms with Crippen LogP contribution in [-0.2, 0) is 0 Å². The lowest BCUT2D eigenvalue weighted by atomic mass is 10.4. The molecule has 0 aliphatic heterocycles. The summed E-state index contributed by atoms with van der Waals surface area (Å²) in [5.41, 5.74) is 1.11. The van der Waals surface area contributed by atoms with Crippen molar-refractivity contribution in [3.63, 3.8) is 0 Å². The van der Waals surface area contributed by atoms with Crippen LogP contribution < -0.4 is 4.90 Å². The Morgan fingerprint density at radius 1 is 1.40 bits per heavy atom. The van der Waals surface area contributed by atoms with Crippen molar-refractivity contribution in [2.45, 2.75) is 0 Å². The first-order chi connectivity index (χ1) is 4.70. The molecule has 0 amide bonds. The zero-order chi connectivity index (χ0) is 7.56. The summed E-state index contributed by atoms with van der Waals surface area (Å²) >= 11 is 3.34. The van der Waals surface area contributed by atoms with Crippen LogP contribution in [0.15, 0.2) is 22.9 Å². The lowest BCUT2D eigenvalue weighted by Gasteiger charge is -2.10. The number of anilines is 1. The molecule has 0 radical (unpaired) electrons. The Balaban J connectivity index is 2.96. The number of pyridine rings is 1. The third-order valence-corrected chi connectivity index (χ3v) is 1.64. The predicted molar refractivity (Wildman–Crippen MR) is 46.3 cm³/mol. The van der Waals surface area contributed by atoms with Crippen molar-refractivity contribution < 1.29 is 0 Å². The van der Waals surface area contributed by atoms with Crippen LogP contribution in [0.25, 0.3) is 0 Å². The van der Waals surface area contributed by atoms with Crippen LogP contribution in [-0.4, -0.2) is 19.1 Å². The molecule has 0 spiro atoms. The minimum atomic E-state index is 1.01. The molecule has 0 aliphatic rings. The average Bonchev–Trinajstić information content (AvgIpc) is 1.88. The highest BCUT2D eigenvalue weighted by atomic mass is 79.9. The average molecular weight is 201 g/mol. The Morgan fingerprint density at radius 2 is 2.10 bits per heavy atom. The molecule has 10 heavy (non-hydrogen) atoms. The molecule has 54 valence electrons. The van der Waals surface area contributed by atoms with Gasteiger partial charge in [0, 0.05) is 24.8 Å². The normalized spacial score (nSPS) is 9.50. The van der Waals surface area contributed by atoms with Gasteiger partial charge in [0.05, 0.1) is 11.9 Å². The molecule has 0 N–H and O–H groups in total. The Hall–Kier alpha value is -0.570. The van der Waals surface area contributed by atoms with Gasteiger partial charge in [0.1, 0.15) is 0 Å². The van der Waals surface area contributed by atoms with E-state index in [1.165, 1.54) is 0 Å². The molecular weight excluding hydrogens is 192 g/mol. The molecule has 0 fully saturated rings. The van der Waals surface area contributed by atoms with E-state index in [0.29, 0.717) is 0 Å². The highest BCUT2D eigenvalue weighted by Crippen LogP contribution is 2.15. The first-order valence-electron chi connectivity index (χ1n) is 2.98. The van der Waals surface area contributed by atoms with Gasteiger partial charge < -0.3 is 4.90 Å². The molecule has 2 nitrogen and oxygen atoms in total. The van der Waals surface area contributed by atoms with Crippen LogP contribution in [0.4, 0.5) is 5.69 Å². The van der Waals surface area contributed by atoms with Gasteiger partial charge in [-0.25, -0.2) is 0 Å². The number of hydrogen-bond donors (Lipinski definition) is 0. The third kappa shape index (κ3) is 1.70. The number of hydrogen-bond acceptors (Lipinski definition) is 2. The minimum Gasteiger partial charge on any atom is -0.376 e. The van der Waals surface area contributed by atoms with E-state index < -0.39 is 0 Å². The van der Waals surface area contributed by atoms with E-state index in [1.807, 2.05) is 31.3 Å². The number of rotatable bonds is 1. The van der Waals surface area contributed by atoms with E-state index in [-0.39, 0.29) is 0 Å². The summed E-state index contributed by atoms with van der Waals surface area (Å²) in [6.45, 7) is 0. The third-order valence-electron chi connectivity index (χ3n) is 1.21. The molecule has 0 aromatic carbocycles. The Labute approximate surface area is 69.0 Å². The first-order valence-corrected chi connectivity index (χ1v) is 3.77. The summed E-state index contributed by atoms with van der Waals surface area (Å²) in [4.78, 5) is 6.03. The van der Waals surface area contributed by atoms with Crippen molar-refractivity contribution in [1.29, 1.82) is 0 Å². The van der Waals surface area contributed by atoms with E-state index in [0.717, 1.165) is 10.2 Å². The van der Waals surface area contributed by atoms with E-state index >= 15 is 0 Å². The highest BCUT2D eigenvalue weighted by molar-refractivity contribution is 9.10. The topological polar surface area (TPSA) is 16.1 Å². The van der Waals surface area contributed by atoms with Crippen molar-refractivity contribution in [3.8, 4) is 0 Å². The first kappa shape index (κ1) is 7.54. The van der Waals surface area contributed by atoms with Gasteiger partial charge in [0.2, 0.25) is 0 Å². The van der Waals surface area contributed by atoms with Crippen LogP contribution in [0.5, 0.6) is 0 Å². The van der Waals surface area contributed by atoms with Gasteiger partial charge in [-0.2, -0.15) is 0 Å². The molecule has 0 bridgehead atoms. The molecule has 1 rings (SSSR count). The summed E-state index contributed by atoms with van der Waals surface area (Å²) in [6.07, 6.45) is 3.60. The fraction of sp³-hybridized carbons (Fsp3) is 0.286. The molecule has 1 aromatic heterocycles. The molecule has 0 aliphatic carbocycles. The van der Waals surface area contributed by atoms with Gasteiger partial charge >= 0.3 is 0 Å². The molecule has 0 unspecified atom stereocenters. The van der Waals surface area contributed by atoms with E-state index in [9.17, 15) is 0 Å². The molecule has 3 heteroatoms. The van der Waals surface area contributed by atoms with E-state index in [1.54, 1.807) is 6.20 Å². The number of aromatic nitrogens is 1. The summed E-state index contributed by atoms with van der Waals surface area (Å²) in [5.74, 6) is 0. The fourth-order valence-corrected chi connectivity index (χ4v) is 0.998. The molecule has 0 saturated carbocycles. The van der Waals surface area contributed by atoms with Crippen LogP contribution in [0, 0.1) is 0 Å². The quantitative estimate of drug-likeness (QED) is 0.689. The maximum atomic E-state index is 4.02. The van der Waals surface area contributed by atoms with Gasteiger partial charge in [-0.05, 0) is 22.0 Å². The van der Waals surface area contributed by atoms with Gasteiger partial charge in [-0.1, -0.05) is 0 Å². The predicted octanol–water partition coefficient (Wildman–Crippen LogP) is 1.91. The smallest absolute Gasteiger partial charge is 0.0558 e. The fourth-order valence-electron chi connectivity index (χ4n) is 0.645. The zero-order valence-electron chi connectivity index (χ0n) is 6.00. The Bertz CT molecular complexity index is 223. The highest BCUT2D eigenvalue weighted by Gasteiger charge is 1.93. The standard InChI is InChI=1S/C7H9BrN2/c1-10(2)7-3-6(8)4-9-5-7/h3-5H,1-2H3. The summed E-state index contributed by atoms with van der Waals surface area (Å²) in [5, 5.41) is 0. The second-order valence-corrected chi connectivity index (χ2v) is 3.17. The second-order valence-electron chi connectivity index (χ2n) is 2.26. The Kier molecular flexibility index (Phi) is 2.27. The second kappa shape index (κ2) is 3.01. The van der Waals surface area contributed by atoms with Crippen LogP contribution in [0.2, 0.25) is 0 Å². The molecule has 1 aromatic rings. The van der Waals surface area contributed by atoms with Crippen LogP contribution >= 0.6 is 15.9 Å². The molecule has 0 atom stereocenters. The summed E-state index contributed by atoms with van der Waals surface area (Å²) in [6, 6.07) is 2.02. The Morgan fingerprint density at radius 3 is 2.50 bits per heavy atom. The van der Waals surface area contributed by atoms with Gasteiger partial charge in [0.25, 0.3) is 0 Å². The van der Waals surface area contributed by atoms with E-state index in [4.69, 9.17) is 0 Å². The number of halogens is 1. The lowest BCUT2D eigenvalue weighted by molar-refractivity contribution is 1.11. The lowest BCUT2D eigenvalue weighted by Crippen LogP contribution is -2.08. The van der Waals surface area contributed by atoms with Crippen molar-refractivity contribution in [2.24, 2.45) is 0 Å². The molecule has 0 saturated heterocycles. The van der Waals surface area contributed by atoms with Crippen molar-refractivity contribution >= 4 is 21.6 Å². The van der Waals surface area contributed by atoms with E-state index in [2.05, 4.69) is 20.9 Å². The summed E-state index contributed by atoms with van der Waals surface area (Å²) < 4.78 is 1.01. The van der Waals surface area contributed by atoms with Crippen molar-refractivity contribution in [3.05, 3.63) is 22.9 Å². The maximum Gasteiger partial charge on any atom is 0.0558 e. The van der Waals surface area contributed by atoms with Crippen molar-refractivity contribution in [1.82, 2.24) is 4.98 Å². The largest absolute Gasteiger partial charge is 0.376 e. The monoisotopic (exact) mass is 200 g/mol.